The zero-order valence-electron chi connectivity index (χ0n) is 11.3. The average Bonchev–Trinajstić information content (AvgIpc) is 2.89. The fourth-order valence-electron chi connectivity index (χ4n) is 2.14. The molecular weight excluding hydrogens is 244 g/mol. The minimum Gasteiger partial charge on any atom is -0.481 e. The Morgan fingerprint density at radius 1 is 1.53 bits per heavy atom. The lowest BCUT2D eigenvalue weighted by molar-refractivity contribution is -0.117. The standard InChI is InChI=1S/C13H20N4O2/c1-3-4-9-7-11(17-16-9)13(18)15-10-5-6-12(19-2)14-8-10/h5-6,8-9,11,16-17H,3-4,7H2,1-2H3,(H,15,18). The van der Waals surface area contributed by atoms with Crippen molar-refractivity contribution >= 4 is 11.6 Å². The molecule has 0 aliphatic carbocycles. The number of methoxy groups -OCH3 is 1. The first-order valence-corrected chi connectivity index (χ1v) is 6.55. The molecule has 0 aromatic carbocycles. The molecule has 0 bridgehead atoms. The number of nitrogens with zero attached hydrogens (tertiary/aromatic N) is 1. The van der Waals surface area contributed by atoms with Gasteiger partial charge in [0.1, 0.15) is 6.04 Å². The first-order valence-electron chi connectivity index (χ1n) is 6.55. The zero-order valence-corrected chi connectivity index (χ0v) is 11.3. The first-order chi connectivity index (χ1) is 9.22. The third kappa shape index (κ3) is 3.65. The molecule has 1 aromatic rings. The van der Waals surface area contributed by atoms with Gasteiger partial charge in [0.2, 0.25) is 11.8 Å². The van der Waals surface area contributed by atoms with Crippen molar-refractivity contribution < 1.29 is 9.53 Å². The van der Waals surface area contributed by atoms with Crippen molar-refractivity contribution in [3.63, 3.8) is 0 Å². The van der Waals surface area contributed by atoms with Crippen LogP contribution in [0.2, 0.25) is 0 Å². The maximum atomic E-state index is 12.0. The number of hydrogen-bond donors (Lipinski definition) is 3. The van der Waals surface area contributed by atoms with Crippen LogP contribution in [0.15, 0.2) is 18.3 Å². The number of ether oxygens (including phenoxy) is 1. The second-order valence-electron chi connectivity index (χ2n) is 4.64. The summed E-state index contributed by atoms with van der Waals surface area (Å²) in [6, 6.07) is 3.67. The van der Waals surface area contributed by atoms with E-state index in [-0.39, 0.29) is 11.9 Å². The minimum absolute atomic E-state index is 0.0435. The Hall–Kier alpha value is -1.66. The highest BCUT2D eigenvalue weighted by molar-refractivity contribution is 5.94. The molecular formula is C13H20N4O2. The summed E-state index contributed by atoms with van der Waals surface area (Å²) in [5, 5.41) is 2.84. The molecule has 6 heteroatoms. The smallest absolute Gasteiger partial charge is 0.242 e. The lowest BCUT2D eigenvalue weighted by Crippen LogP contribution is -2.40. The number of amides is 1. The molecule has 2 heterocycles. The quantitative estimate of drug-likeness (QED) is 0.741. The van der Waals surface area contributed by atoms with Crippen LogP contribution in [-0.4, -0.2) is 30.1 Å². The Kier molecular flexibility index (Phi) is 4.70. The fraction of sp³-hybridized carbons (Fsp3) is 0.538. The van der Waals surface area contributed by atoms with Crippen LogP contribution in [-0.2, 0) is 4.79 Å². The Bertz CT molecular complexity index is 421. The lowest BCUT2D eigenvalue weighted by atomic mass is 10.1. The highest BCUT2D eigenvalue weighted by Gasteiger charge is 2.28. The van der Waals surface area contributed by atoms with Gasteiger partial charge in [0, 0.05) is 12.1 Å². The molecule has 104 valence electrons. The summed E-state index contributed by atoms with van der Waals surface area (Å²) in [6.45, 7) is 2.14. The molecule has 0 saturated carbocycles. The number of nitrogens with one attached hydrogen (secondary N) is 3. The van der Waals surface area contributed by atoms with E-state index in [0.717, 1.165) is 19.3 Å². The molecule has 2 atom stereocenters. The van der Waals surface area contributed by atoms with Crippen LogP contribution in [0.4, 0.5) is 5.69 Å². The first kappa shape index (κ1) is 13.8. The normalized spacial score (nSPS) is 22.2. The van der Waals surface area contributed by atoms with E-state index in [9.17, 15) is 4.79 Å². The number of pyridine rings is 1. The molecule has 19 heavy (non-hydrogen) atoms. The van der Waals surface area contributed by atoms with Gasteiger partial charge in [-0.2, -0.15) is 0 Å². The maximum absolute atomic E-state index is 12.0. The second-order valence-corrected chi connectivity index (χ2v) is 4.64. The Labute approximate surface area is 112 Å². The molecule has 2 rings (SSSR count). The van der Waals surface area contributed by atoms with Crippen molar-refractivity contribution in [3.8, 4) is 5.88 Å². The largest absolute Gasteiger partial charge is 0.481 e. The van der Waals surface area contributed by atoms with Gasteiger partial charge in [-0.3, -0.25) is 10.2 Å². The van der Waals surface area contributed by atoms with Gasteiger partial charge in [0.15, 0.2) is 0 Å². The summed E-state index contributed by atoms with van der Waals surface area (Å²) >= 11 is 0. The predicted molar refractivity (Wildman–Crippen MR) is 72.8 cm³/mol. The van der Waals surface area contributed by atoms with Gasteiger partial charge in [-0.15, -0.1) is 0 Å². The number of rotatable bonds is 5. The second kappa shape index (κ2) is 6.49. The Morgan fingerprint density at radius 3 is 3.00 bits per heavy atom. The summed E-state index contributed by atoms with van der Waals surface area (Å²) in [4.78, 5) is 16.1. The Balaban J connectivity index is 1.87. The van der Waals surface area contributed by atoms with Crippen LogP contribution in [0.25, 0.3) is 0 Å². The third-order valence-electron chi connectivity index (χ3n) is 3.15. The summed E-state index contributed by atoms with van der Waals surface area (Å²) in [5.74, 6) is 0.486. The molecule has 1 aromatic heterocycles. The minimum atomic E-state index is -0.196. The van der Waals surface area contributed by atoms with Gasteiger partial charge in [-0.05, 0) is 18.9 Å². The van der Waals surface area contributed by atoms with Gasteiger partial charge in [-0.1, -0.05) is 13.3 Å². The number of anilines is 1. The summed E-state index contributed by atoms with van der Waals surface area (Å²) < 4.78 is 4.97. The van der Waals surface area contributed by atoms with Crippen LogP contribution >= 0.6 is 0 Å². The van der Waals surface area contributed by atoms with E-state index >= 15 is 0 Å². The van der Waals surface area contributed by atoms with Crippen molar-refractivity contribution in [2.45, 2.75) is 38.3 Å². The predicted octanol–water partition coefficient (Wildman–Crippen LogP) is 1.06. The van der Waals surface area contributed by atoms with E-state index in [0.29, 0.717) is 17.6 Å². The number of carbonyl (C=O) groups excluding carboxylic acids is 1. The maximum Gasteiger partial charge on any atom is 0.242 e. The lowest BCUT2D eigenvalue weighted by Gasteiger charge is -2.10. The van der Waals surface area contributed by atoms with E-state index in [4.69, 9.17) is 4.74 Å². The molecule has 3 N–H and O–H groups in total. The van der Waals surface area contributed by atoms with Crippen molar-refractivity contribution in [1.29, 1.82) is 0 Å². The highest BCUT2D eigenvalue weighted by atomic mass is 16.5. The summed E-state index contributed by atoms with van der Waals surface area (Å²) in [6.07, 6.45) is 4.57. The monoisotopic (exact) mass is 264 g/mol. The number of hydrogen-bond acceptors (Lipinski definition) is 5. The SMILES string of the molecule is CCCC1CC(C(=O)Nc2ccc(OC)nc2)NN1. The van der Waals surface area contributed by atoms with Gasteiger partial charge < -0.3 is 10.1 Å². The van der Waals surface area contributed by atoms with Gasteiger partial charge in [0.05, 0.1) is 19.0 Å². The highest BCUT2D eigenvalue weighted by Crippen LogP contribution is 2.14. The van der Waals surface area contributed by atoms with E-state index in [1.807, 2.05) is 0 Å². The van der Waals surface area contributed by atoms with Crippen molar-refractivity contribution in [3.05, 3.63) is 18.3 Å². The molecule has 1 aliphatic rings. The van der Waals surface area contributed by atoms with Crippen LogP contribution in [0, 0.1) is 0 Å². The third-order valence-corrected chi connectivity index (χ3v) is 3.15. The number of carbonyl (C=O) groups is 1. The van der Waals surface area contributed by atoms with E-state index in [1.165, 1.54) is 0 Å². The van der Waals surface area contributed by atoms with Gasteiger partial charge in [0.25, 0.3) is 0 Å². The van der Waals surface area contributed by atoms with Crippen molar-refractivity contribution in [2.24, 2.45) is 0 Å². The fourth-order valence-corrected chi connectivity index (χ4v) is 2.14. The molecule has 0 spiro atoms. The van der Waals surface area contributed by atoms with Gasteiger partial charge in [-0.25, -0.2) is 10.4 Å². The molecule has 6 nitrogen and oxygen atoms in total. The van der Waals surface area contributed by atoms with Crippen LogP contribution in [0.3, 0.4) is 0 Å². The topological polar surface area (TPSA) is 75.3 Å². The molecule has 1 saturated heterocycles. The summed E-state index contributed by atoms with van der Waals surface area (Å²) in [7, 11) is 1.56. The molecule has 1 fully saturated rings. The number of hydrazine groups is 1. The molecule has 1 aliphatic heterocycles. The Morgan fingerprint density at radius 2 is 2.37 bits per heavy atom. The van der Waals surface area contributed by atoms with Gasteiger partial charge >= 0.3 is 0 Å². The average molecular weight is 264 g/mol. The molecule has 0 radical (unpaired) electrons. The van der Waals surface area contributed by atoms with Crippen molar-refractivity contribution in [2.75, 3.05) is 12.4 Å². The van der Waals surface area contributed by atoms with Crippen LogP contribution in [0.5, 0.6) is 5.88 Å². The van der Waals surface area contributed by atoms with E-state index in [1.54, 1.807) is 25.4 Å². The van der Waals surface area contributed by atoms with Crippen molar-refractivity contribution in [1.82, 2.24) is 15.8 Å². The van der Waals surface area contributed by atoms with E-state index < -0.39 is 0 Å². The zero-order chi connectivity index (χ0) is 13.7. The summed E-state index contributed by atoms with van der Waals surface area (Å²) in [5.41, 5.74) is 6.85. The van der Waals surface area contributed by atoms with Crippen LogP contribution in [0.1, 0.15) is 26.2 Å². The molecule has 2 unspecified atom stereocenters. The van der Waals surface area contributed by atoms with Crippen LogP contribution < -0.4 is 20.9 Å². The van der Waals surface area contributed by atoms with E-state index in [2.05, 4.69) is 28.1 Å². The molecule has 1 amide bonds. The number of aromatic nitrogens is 1.